The second-order valence-corrected chi connectivity index (χ2v) is 30.8. The summed E-state index contributed by atoms with van der Waals surface area (Å²) in [7, 11) is 6.00. The Balaban J connectivity index is 3.92. The zero-order valence-corrected chi connectivity index (χ0v) is 67.6. The maximum absolute atomic E-state index is 13.0. The van der Waals surface area contributed by atoms with Crippen molar-refractivity contribution in [2.45, 2.75) is 437 Å². The van der Waals surface area contributed by atoms with E-state index in [0.717, 1.165) is 77.0 Å². The minimum atomic E-state index is -1.51. The number of hydrogen-bond donors (Lipinski definition) is 1. The number of aliphatic carboxylic acids is 1. The lowest BCUT2D eigenvalue weighted by Gasteiger charge is -2.25. The minimum Gasteiger partial charge on any atom is -0.477 e. The molecule has 0 radical (unpaired) electrons. The highest BCUT2D eigenvalue weighted by atomic mass is 16.7. The van der Waals surface area contributed by atoms with Gasteiger partial charge in [0.1, 0.15) is 13.2 Å². The zero-order chi connectivity index (χ0) is 73.2. The molecule has 101 heavy (non-hydrogen) atoms. The van der Waals surface area contributed by atoms with Crippen LogP contribution in [0.15, 0.2) is 85.1 Å². The Morgan fingerprint density at radius 2 is 0.564 bits per heavy atom. The molecule has 0 aromatic carbocycles. The van der Waals surface area contributed by atoms with E-state index in [4.69, 9.17) is 18.9 Å². The molecule has 9 nitrogen and oxygen atoms in total. The second-order valence-electron chi connectivity index (χ2n) is 30.8. The summed E-state index contributed by atoms with van der Waals surface area (Å²) in [4.78, 5) is 37.8. The molecule has 1 N–H and O–H groups in total. The lowest BCUT2D eigenvalue weighted by molar-refractivity contribution is -0.870. The number of unbranched alkanes of at least 4 members (excludes halogenated alkanes) is 53. The van der Waals surface area contributed by atoms with Crippen LogP contribution in [0.3, 0.4) is 0 Å². The van der Waals surface area contributed by atoms with E-state index in [9.17, 15) is 19.5 Å². The Morgan fingerprint density at radius 1 is 0.307 bits per heavy atom. The van der Waals surface area contributed by atoms with Gasteiger partial charge in [0, 0.05) is 12.8 Å². The van der Waals surface area contributed by atoms with Crippen molar-refractivity contribution in [2.24, 2.45) is 0 Å². The summed E-state index contributed by atoms with van der Waals surface area (Å²) in [6.07, 6.45) is 111. The Labute approximate surface area is 627 Å². The summed E-state index contributed by atoms with van der Waals surface area (Å²) in [6, 6.07) is 0. The SMILES string of the molecule is CC/C=C\C/C=C\C/C=C\C/C=C\CCCCCCCCCCCCCCCCCCCCCCCCC(=O)OC(COC(=O)CCCCCCCCCCCCCCCCCCCCCCCCCCCC/C=C\C/C=C\C/C=C\CCCCCCC)COC(OCC[N+](C)(C)C)C(=O)O. The van der Waals surface area contributed by atoms with Gasteiger partial charge < -0.3 is 28.5 Å². The molecule has 0 aromatic rings. The third-order valence-electron chi connectivity index (χ3n) is 19.6. The van der Waals surface area contributed by atoms with Gasteiger partial charge in [-0.25, -0.2) is 4.79 Å². The Kier molecular flexibility index (Phi) is 79.3. The van der Waals surface area contributed by atoms with Gasteiger partial charge in [-0.1, -0.05) is 407 Å². The molecule has 0 amide bonds. The van der Waals surface area contributed by atoms with Crippen molar-refractivity contribution in [3.63, 3.8) is 0 Å². The number of hydrogen-bond acceptors (Lipinski definition) is 7. The predicted octanol–water partition coefficient (Wildman–Crippen LogP) is 28.5. The second kappa shape index (κ2) is 82.1. The van der Waals surface area contributed by atoms with Crippen LogP contribution in [-0.4, -0.2) is 87.4 Å². The van der Waals surface area contributed by atoms with E-state index in [1.165, 1.54) is 321 Å². The molecule has 0 rings (SSSR count). The van der Waals surface area contributed by atoms with Crippen molar-refractivity contribution < 1.29 is 42.9 Å². The maximum Gasteiger partial charge on any atom is 0.361 e. The normalized spacial score (nSPS) is 13.0. The molecule has 9 heteroatoms. The number of nitrogens with zero attached hydrogens (tertiary/aromatic N) is 1. The van der Waals surface area contributed by atoms with E-state index >= 15 is 0 Å². The molecule has 0 fully saturated rings. The van der Waals surface area contributed by atoms with Crippen LogP contribution < -0.4 is 0 Å². The van der Waals surface area contributed by atoms with Gasteiger partial charge in [-0.05, 0) is 89.9 Å². The van der Waals surface area contributed by atoms with Crippen molar-refractivity contribution in [3.8, 4) is 0 Å². The molecule has 0 aliphatic heterocycles. The fourth-order valence-corrected chi connectivity index (χ4v) is 13.0. The number of carboxylic acid groups (broad SMARTS) is 1. The smallest absolute Gasteiger partial charge is 0.361 e. The average molecular weight is 1420 g/mol. The molecule has 588 valence electrons. The highest BCUT2D eigenvalue weighted by molar-refractivity contribution is 5.71. The summed E-state index contributed by atoms with van der Waals surface area (Å²) in [5, 5.41) is 9.79. The largest absolute Gasteiger partial charge is 0.477 e. The predicted molar refractivity (Wildman–Crippen MR) is 438 cm³/mol. The van der Waals surface area contributed by atoms with Gasteiger partial charge >= 0.3 is 17.9 Å². The Bertz CT molecular complexity index is 1940. The monoisotopic (exact) mass is 1420 g/mol. The lowest BCUT2D eigenvalue weighted by atomic mass is 10.0. The average Bonchev–Trinajstić information content (AvgIpc) is 1.25. The van der Waals surface area contributed by atoms with E-state index in [2.05, 4.69) is 98.9 Å². The molecule has 2 unspecified atom stereocenters. The Morgan fingerprint density at radius 3 is 0.842 bits per heavy atom. The van der Waals surface area contributed by atoms with Gasteiger partial charge in [0.2, 0.25) is 0 Å². The first-order valence-electron chi connectivity index (χ1n) is 43.8. The summed E-state index contributed by atoms with van der Waals surface area (Å²) >= 11 is 0. The summed E-state index contributed by atoms with van der Waals surface area (Å²) in [6.45, 7) is 4.82. The lowest BCUT2D eigenvalue weighted by Crippen LogP contribution is -2.40. The first kappa shape index (κ1) is 97.5. The summed E-state index contributed by atoms with van der Waals surface area (Å²) in [5.41, 5.74) is 0. The first-order valence-corrected chi connectivity index (χ1v) is 43.8. The molecule has 0 spiro atoms. The van der Waals surface area contributed by atoms with Crippen LogP contribution in [0.1, 0.15) is 425 Å². The van der Waals surface area contributed by atoms with Crippen molar-refractivity contribution in [3.05, 3.63) is 85.1 Å². The molecule has 0 saturated heterocycles. The van der Waals surface area contributed by atoms with E-state index in [1.54, 1.807) is 0 Å². The van der Waals surface area contributed by atoms with Crippen LogP contribution >= 0.6 is 0 Å². The highest BCUT2D eigenvalue weighted by Gasteiger charge is 2.25. The molecular weight excluding hydrogens is 1250 g/mol. The van der Waals surface area contributed by atoms with Gasteiger partial charge in [0.05, 0.1) is 34.4 Å². The molecule has 2 atom stereocenters. The van der Waals surface area contributed by atoms with Crippen molar-refractivity contribution in [2.75, 3.05) is 47.5 Å². The van der Waals surface area contributed by atoms with Gasteiger partial charge in [0.25, 0.3) is 6.29 Å². The molecule has 0 heterocycles. The third-order valence-corrected chi connectivity index (χ3v) is 19.6. The first-order chi connectivity index (χ1) is 49.6. The zero-order valence-electron chi connectivity index (χ0n) is 67.6. The molecule has 0 bridgehead atoms. The van der Waals surface area contributed by atoms with E-state index < -0.39 is 18.4 Å². The van der Waals surface area contributed by atoms with Gasteiger partial charge in [-0.2, -0.15) is 0 Å². The number of carbonyl (C=O) groups is 3. The number of ether oxygens (including phenoxy) is 4. The molecular formula is C92H168NO8+. The molecule has 0 aromatic heterocycles. The van der Waals surface area contributed by atoms with Crippen LogP contribution in [0.4, 0.5) is 0 Å². The number of carbonyl (C=O) groups excluding carboxylic acids is 2. The number of carboxylic acids is 1. The van der Waals surface area contributed by atoms with Crippen LogP contribution in [0.5, 0.6) is 0 Å². The number of likely N-dealkylation sites (N-methyl/N-ethyl adjacent to an activating group) is 1. The summed E-state index contributed by atoms with van der Waals surface area (Å²) in [5.74, 6) is -1.97. The number of allylic oxidation sites excluding steroid dienone is 14. The van der Waals surface area contributed by atoms with Gasteiger partial charge in [-0.3, -0.25) is 9.59 Å². The number of rotatable bonds is 82. The molecule has 0 aliphatic rings. The third kappa shape index (κ3) is 83.6. The van der Waals surface area contributed by atoms with Crippen LogP contribution in [0.2, 0.25) is 0 Å². The summed E-state index contributed by atoms with van der Waals surface area (Å²) < 4.78 is 23.1. The topological polar surface area (TPSA) is 108 Å². The van der Waals surface area contributed by atoms with Crippen molar-refractivity contribution >= 4 is 17.9 Å². The minimum absolute atomic E-state index is 0.177. The number of quaternary nitrogens is 1. The molecule has 0 saturated carbocycles. The standard InChI is InChI=1S/C92H167NO8/c1-6-8-10-12-14-16-18-20-22-24-26-28-30-32-34-36-38-40-42-43-44-45-46-47-49-50-52-54-56-58-60-62-64-66-68-70-72-74-76-78-80-82-89(94)99-86-88(87-100-92(91(96)97)98-85-84-93(3,4)5)101-90(95)83-81-79-77-75-73-71-69-67-65-63-61-59-57-55-53-51-48-41-39-37-35-33-31-29-27-25-23-21-19-17-15-13-11-9-7-2/h9,11,15,17-18,20-21,23-24,26-27,29-30,32,88,92H,6-8,10,12-14,16,19,22,25,28,31,33-87H2,1-5H3/p+1/b11-9-,17-15-,20-18-,23-21-,26-24-,29-27-,32-30-. The maximum atomic E-state index is 13.0. The number of esters is 2. The van der Waals surface area contributed by atoms with Crippen LogP contribution in [-0.2, 0) is 33.3 Å². The van der Waals surface area contributed by atoms with E-state index in [-0.39, 0.29) is 38.2 Å². The van der Waals surface area contributed by atoms with Crippen molar-refractivity contribution in [1.82, 2.24) is 0 Å². The van der Waals surface area contributed by atoms with Gasteiger partial charge in [0.15, 0.2) is 6.10 Å². The van der Waals surface area contributed by atoms with Crippen LogP contribution in [0, 0.1) is 0 Å². The highest BCUT2D eigenvalue weighted by Crippen LogP contribution is 2.20. The van der Waals surface area contributed by atoms with Crippen LogP contribution in [0.25, 0.3) is 0 Å². The fraction of sp³-hybridized carbons (Fsp3) is 0.815. The van der Waals surface area contributed by atoms with Gasteiger partial charge in [-0.15, -0.1) is 0 Å². The Hall–Kier alpha value is -3.53. The van der Waals surface area contributed by atoms with Crippen molar-refractivity contribution in [1.29, 1.82) is 0 Å². The molecule has 0 aliphatic carbocycles. The quantitative estimate of drug-likeness (QED) is 0.0211. The van der Waals surface area contributed by atoms with E-state index in [0.29, 0.717) is 17.4 Å². The van der Waals surface area contributed by atoms with E-state index in [1.807, 2.05) is 21.1 Å². The fourth-order valence-electron chi connectivity index (χ4n) is 13.0.